The lowest BCUT2D eigenvalue weighted by Gasteiger charge is -2.26. The van der Waals surface area contributed by atoms with Crippen molar-refractivity contribution in [1.29, 1.82) is 5.26 Å². The second-order valence-corrected chi connectivity index (χ2v) is 4.26. The fourth-order valence-electron chi connectivity index (χ4n) is 2.02. The Morgan fingerprint density at radius 1 is 1.55 bits per heavy atom. The molecule has 8 nitrogen and oxygen atoms in total. The fourth-order valence-corrected chi connectivity index (χ4v) is 2.02. The highest BCUT2D eigenvalue weighted by molar-refractivity contribution is 5.72. The van der Waals surface area contributed by atoms with E-state index in [2.05, 4.69) is 5.10 Å². The Morgan fingerprint density at radius 2 is 2.25 bits per heavy atom. The van der Waals surface area contributed by atoms with Gasteiger partial charge in [-0.05, 0) is 6.92 Å². The first kappa shape index (κ1) is 14.1. The van der Waals surface area contributed by atoms with Crippen LogP contribution in [0.1, 0.15) is 12.5 Å². The zero-order valence-electron chi connectivity index (χ0n) is 11.3. The van der Waals surface area contributed by atoms with Gasteiger partial charge in [0.15, 0.2) is 5.82 Å². The molecule has 1 fully saturated rings. The number of hydrogen-bond acceptors (Lipinski definition) is 7. The maximum Gasteiger partial charge on any atom is 0.327 e. The highest BCUT2D eigenvalue weighted by Gasteiger charge is 2.23. The molecule has 2 rings (SSSR count). The Labute approximate surface area is 116 Å². The van der Waals surface area contributed by atoms with E-state index in [1.165, 1.54) is 4.68 Å². The van der Waals surface area contributed by atoms with Gasteiger partial charge in [-0.25, -0.2) is 4.68 Å². The summed E-state index contributed by atoms with van der Waals surface area (Å²) in [6.07, 6.45) is 0. The molecule has 0 aromatic carbocycles. The number of ether oxygens (including phenoxy) is 2. The smallest absolute Gasteiger partial charge is 0.327 e. The topological polar surface area (TPSA) is 106 Å². The lowest BCUT2D eigenvalue weighted by Crippen LogP contribution is -2.37. The average molecular weight is 279 g/mol. The third-order valence-electron chi connectivity index (χ3n) is 2.98. The number of morpholine rings is 1. The van der Waals surface area contributed by atoms with E-state index in [9.17, 15) is 10.1 Å². The van der Waals surface area contributed by atoms with Crippen LogP contribution < -0.4 is 10.6 Å². The molecule has 1 saturated heterocycles. The molecule has 108 valence electrons. The molecule has 0 spiro atoms. The second-order valence-electron chi connectivity index (χ2n) is 4.26. The molecule has 2 N–H and O–H groups in total. The molecule has 1 aliphatic rings. The van der Waals surface area contributed by atoms with Crippen LogP contribution in [0.4, 0.5) is 11.6 Å². The van der Waals surface area contributed by atoms with Gasteiger partial charge in [0.2, 0.25) is 0 Å². The number of nitriles is 1. The number of hydrogen-bond donors (Lipinski definition) is 1. The Hall–Kier alpha value is -2.27. The van der Waals surface area contributed by atoms with Crippen molar-refractivity contribution in [2.45, 2.75) is 13.5 Å². The van der Waals surface area contributed by atoms with Gasteiger partial charge < -0.3 is 20.1 Å². The van der Waals surface area contributed by atoms with Gasteiger partial charge in [0.25, 0.3) is 0 Å². The average Bonchev–Trinajstić information content (AvgIpc) is 2.76. The third-order valence-corrected chi connectivity index (χ3v) is 2.98. The normalized spacial score (nSPS) is 14.9. The molecule has 0 saturated carbocycles. The summed E-state index contributed by atoms with van der Waals surface area (Å²) in [5.41, 5.74) is 6.17. The molecule has 8 heteroatoms. The number of aromatic nitrogens is 2. The highest BCUT2D eigenvalue weighted by atomic mass is 16.5. The number of rotatable bonds is 4. The molecule has 0 bridgehead atoms. The van der Waals surface area contributed by atoms with Crippen molar-refractivity contribution < 1.29 is 14.3 Å². The van der Waals surface area contributed by atoms with Crippen molar-refractivity contribution in [2.75, 3.05) is 43.5 Å². The van der Waals surface area contributed by atoms with Crippen molar-refractivity contribution in [3.05, 3.63) is 5.56 Å². The zero-order chi connectivity index (χ0) is 14.5. The van der Waals surface area contributed by atoms with Gasteiger partial charge in [-0.3, -0.25) is 4.79 Å². The van der Waals surface area contributed by atoms with Crippen LogP contribution in [-0.2, 0) is 20.8 Å². The molecule has 0 radical (unpaired) electrons. The molecule has 0 atom stereocenters. The summed E-state index contributed by atoms with van der Waals surface area (Å²) in [5, 5.41) is 13.5. The molecular weight excluding hydrogens is 262 g/mol. The first-order chi connectivity index (χ1) is 9.67. The van der Waals surface area contributed by atoms with E-state index in [1.54, 1.807) is 6.92 Å². The fraction of sp³-hybridized carbons (Fsp3) is 0.583. The van der Waals surface area contributed by atoms with Crippen molar-refractivity contribution in [3.63, 3.8) is 0 Å². The van der Waals surface area contributed by atoms with Crippen LogP contribution in [0, 0.1) is 11.3 Å². The van der Waals surface area contributed by atoms with E-state index in [-0.39, 0.29) is 17.9 Å². The monoisotopic (exact) mass is 279 g/mol. The van der Waals surface area contributed by atoms with Gasteiger partial charge >= 0.3 is 5.97 Å². The van der Waals surface area contributed by atoms with E-state index in [0.29, 0.717) is 38.7 Å². The Balaban J connectivity index is 2.24. The van der Waals surface area contributed by atoms with Crippen LogP contribution in [0.15, 0.2) is 0 Å². The lowest BCUT2D eigenvalue weighted by atomic mass is 10.3. The van der Waals surface area contributed by atoms with Crippen LogP contribution in [0.3, 0.4) is 0 Å². The second kappa shape index (κ2) is 6.25. The summed E-state index contributed by atoms with van der Waals surface area (Å²) in [7, 11) is 0. The van der Waals surface area contributed by atoms with Crippen LogP contribution in [0.2, 0.25) is 0 Å². The SMILES string of the molecule is CCOC(=O)Cn1nc(N2CCOCC2)c(C#N)c1N. The number of carbonyl (C=O) groups excluding carboxylic acids is 1. The van der Waals surface area contributed by atoms with E-state index in [4.69, 9.17) is 15.2 Å². The Morgan fingerprint density at radius 3 is 2.85 bits per heavy atom. The summed E-state index contributed by atoms with van der Waals surface area (Å²) in [5.74, 6) is 0.249. The van der Waals surface area contributed by atoms with Gasteiger partial charge in [-0.2, -0.15) is 10.4 Å². The van der Waals surface area contributed by atoms with E-state index in [1.807, 2.05) is 11.0 Å². The van der Waals surface area contributed by atoms with Gasteiger partial charge in [0, 0.05) is 13.1 Å². The summed E-state index contributed by atoms with van der Waals surface area (Å²) >= 11 is 0. The summed E-state index contributed by atoms with van der Waals surface area (Å²) in [6.45, 7) is 4.37. The minimum atomic E-state index is -0.431. The number of nitrogen functional groups attached to an aromatic ring is 1. The van der Waals surface area contributed by atoms with Crippen molar-refractivity contribution >= 4 is 17.6 Å². The predicted molar refractivity (Wildman–Crippen MR) is 71.0 cm³/mol. The molecule has 0 amide bonds. The van der Waals surface area contributed by atoms with Gasteiger partial charge in [-0.1, -0.05) is 0 Å². The van der Waals surface area contributed by atoms with Gasteiger partial charge in [0.1, 0.15) is 24.0 Å². The largest absolute Gasteiger partial charge is 0.465 e. The molecule has 1 aromatic rings. The van der Waals surface area contributed by atoms with Gasteiger partial charge in [-0.15, -0.1) is 0 Å². The number of anilines is 2. The molecule has 20 heavy (non-hydrogen) atoms. The predicted octanol–water partition coefficient (Wildman–Crippen LogP) is -0.263. The van der Waals surface area contributed by atoms with E-state index in [0.717, 1.165) is 0 Å². The summed E-state index contributed by atoms with van der Waals surface area (Å²) in [6, 6.07) is 2.04. The van der Waals surface area contributed by atoms with Crippen LogP contribution >= 0.6 is 0 Å². The Kier molecular flexibility index (Phi) is 4.42. The number of nitrogens with zero attached hydrogens (tertiary/aromatic N) is 4. The van der Waals surface area contributed by atoms with Crippen molar-refractivity contribution in [1.82, 2.24) is 9.78 Å². The molecule has 1 aliphatic heterocycles. The molecular formula is C12H17N5O3. The molecule has 0 unspecified atom stereocenters. The van der Waals surface area contributed by atoms with Crippen molar-refractivity contribution in [2.24, 2.45) is 0 Å². The maximum absolute atomic E-state index is 11.5. The first-order valence-corrected chi connectivity index (χ1v) is 6.42. The number of esters is 1. The van der Waals surface area contributed by atoms with Crippen molar-refractivity contribution in [3.8, 4) is 6.07 Å². The quantitative estimate of drug-likeness (QED) is 0.756. The Bertz CT molecular complexity index is 528. The van der Waals surface area contributed by atoms with E-state index < -0.39 is 5.97 Å². The molecule has 1 aromatic heterocycles. The number of nitrogens with two attached hydrogens (primary N) is 1. The minimum absolute atomic E-state index is 0.0985. The number of carbonyl (C=O) groups is 1. The van der Waals surface area contributed by atoms with Gasteiger partial charge in [0.05, 0.1) is 19.8 Å². The molecule has 2 heterocycles. The lowest BCUT2D eigenvalue weighted by molar-refractivity contribution is -0.143. The van der Waals surface area contributed by atoms with Crippen LogP contribution in [0.25, 0.3) is 0 Å². The summed E-state index contributed by atoms with van der Waals surface area (Å²) < 4.78 is 11.4. The van der Waals surface area contributed by atoms with Crippen LogP contribution in [0.5, 0.6) is 0 Å². The summed E-state index contributed by atoms with van der Waals surface area (Å²) in [4.78, 5) is 13.4. The minimum Gasteiger partial charge on any atom is -0.465 e. The first-order valence-electron chi connectivity index (χ1n) is 6.42. The standard InChI is InChI=1S/C12H17N5O3/c1-2-20-10(18)8-17-11(14)9(7-13)12(15-17)16-3-5-19-6-4-16/h2-6,8,14H2,1H3. The third kappa shape index (κ3) is 2.83. The van der Waals surface area contributed by atoms with E-state index >= 15 is 0 Å². The zero-order valence-corrected chi connectivity index (χ0v) is 11.3. The van der Waals surface area contributed by atoms with Crippen LogP contribution in [-0.4, -0.2) is 48.7 Å². The molecule has 0 aliphatic carbocycles. The highest BCUT2D eigenvalue weighted by Crippen LogP contribution is 2.25. The maximum atomic E-state index is 11.5.